The molecule has 2 amide bonds. The van der Waals surface area contributed by atoms with E-state index in [-0.39, 0.29) is 23.9 Å². The van der Waals surface area contributed by atoms with Crippen molar-refractivity contribution in [1.29, 1.82) is 0 Å². The van der Waals surface area contributed by atoms with Crippen LogP contribution in [-0.4, -0.2) is 35.7 Å². The average molecular weight is 341 g/mol. The van der Waals surface area contributed by atoms with E-state index in [4.69, 9.17) is 0 Å². The smallest absolute Gasteiger partial charge is 0.269 e. The van der Waals surface area contributed by atoms with Crippen LogP contribution in [0.25, 0.3) is 0 Å². The molecule has 0 aromatic heterocycles. The highest BCUT2D eigenvalue weighted by atomic mass is 16.6. The van der Waals surface area contributed by atoms with Crippen molar-refractivity contribution in [1.82, 2.24) is 10.2 Å². The quantitative estimate of drug-likeness (QED) is 0.644. The lowest BCUT2D eigenvalue weighted by Crippen LogP contribution is -2.27. The first-order valence-corrected chi connectivity index (χ1v) is 7.69. The van der Waals surface area contributed by atoms with Crippen LogP contribution in [0.2, 0.25) is 0 Å². The minimum atomic E-state index is -0.472. The SMILES string of the molecule is CNC(=O)c1ccc(CN(C)C(=O)Cc2ccc([N+](=O)[O-])cc2)cc1. The van der Waals surface area contributed by atoms with Gasteiger partial charge in [0.05, 0.1) is 11.3 Å². The summed E-state index contributed by atoms with van der Waals surface area (Å²) in [5.41, 5.74) is 2.19. The molecule has 0 saturated heterocycles. The maximum Gasteiger partial charge on any atom is 0.269 e. The number of rotatable bonds is 6. The monoisotopic (exact) mass is 341 g/mol. The summed E-state index contributed by atoms with van der Waals surface area (Å²) < 4.78 is 0. The number of nitrogens with one attached hydrogen (secondary N) is 1. The van der Waals surface area contributed by atoms with Gasteiger partial charge in [0, 0.05) is 38.3 Å². The minimum absolute atomic E-state index is 0.000703. The van der Waals surface area contributed by atoms with Crippen LogP contribution in [-0.2, 0) is 17.8 Å². The molecule has 0 aliphatic rings. The van der Waals surface area contributed by atoms with Gasteiger partial charge in [0.2, 0.25) is 5.91 Å². The zero-order valence-corrected chi connectivity index (χ0v) is 14.1. The van der Waals surface area contributed by atoms with E-state index in [1.54, 1.807) is 55.4 Å². The Hall–Kier alpha value is -3.22. The Morgan fingerprint density at radius 2 is 1.60 bits per heavy atom. The van der Waals surface area contributed by atoms with Gasteiger partial charge in [-0.25, -0.2) is 0 Å². The van der Waals surface area contributed by atoms with Crippen molar-refractivity contribution in [3.63, 3.8) is 0 Å². The summed E-state index contributed by atoms with van der Waals surface area (Å²) in [7, 11) is 3.27. The Kier molecular flexibility index (Phi) is 5.84. The first-order valence-electron chi connectivity index (χ1n) is 7.69. The van der Waals surface area contributed by atoms with Crippen LogP contribution in [0.5, 0.6) is 0 Å². The van der Waals surface area contributed by atoms with Gasteiger partial charge in [-0.2, -0.15) is 0 Å². The largest absolute Gasteiger partial charge is 0.355 e. The summed E-state index contributed by atoms with van der Waals surface area (Å²) in [4.78, 5) is 35.5. The number of amides is 2. The molecule has 0 aliphatic carbocycles. The van der Waals surface area contributed by atoms with Crippen LogP contribution in [0.3, 0.4) is 0 Å². The molecule has 1 N–H and O–H groups in total. The lowest BCUT2D eigenvalue weighted by atomic mass is 10.1. The highest BCUT2D eigenvalue weighted by molar-refractivity contribution is 5.93. The molecular weight excluding hydrogens is 322 g/mol. The lowest BCUT2D eigenvalue weighted by Gasteiger charge is -2.17. The summed E-state index contributed by atoms with van der Waals surface area (Å²) in [6.45, 7) is 0.417. The van der Waals surface area contributed by atoms with Gasteiger partial charge in [0.15, 0.2) is 0 Å². The first kappa shape index (κ1) is 18.1. The van der Waals surface area contributed by atoms with Crippen molar-refractivity contribution in [2.45, 2.75) is 13.0 Å². The number of carbonyl (C=O) groups excluding carboxylic acids is 2. The number of nitrogens with zero attached hydrogens (tertiary/aromatic N) is 2. The number of nitro groups is 1. The molecular formula is C18H19N3O4. The Morgan fingerprint density at radius 1 is 1.04 bits per heavy atom. The molecule has 2 aromatic rings. The Bertz CT molecular complexity index is 770. The molecule has 0 aliphatic heterocycles. The number of nitro benzene ring substituents is 1. The molecule has 0 heterocycles. The van der Waals surface area contributed by atoms with Crippen molar-refractivity contribution in [2.75, 3.05) is 14.1 Å². The van der Waals surface area contributed by atoms with E-state index >= 15 is 0 Å². The molecule has 0 spiro atoms. The molecule has 0 radical (unpaired) electrons. The summed E-state index contributed by atoms with van der Waals surface area (Å²) in [6, 6.07) is 13.0. The average Bonchev–Trinajstić information content (AvgIpc) is 2.62. The summed E-state index contributed by atoms with van der Waals surface area (Å²) in [6.07, 6.45) is 0.171. The van der Waals surface area contributed by atoms with E-state index in [1.807, 2.05) is 0 Å². The Morgan fingerprint density at radius 3 is 2.12 bits per heavy atom. The van der Waals surface area contributed by atoms with Crippen LogP contribution >= 0.6 is 0 Å². The molecule has 0 atom stereocenters. The van der Waals surface area contributed by atoms with E-state index in [9.17, 15) is 19.7 Å². The number of benzene rings is 2. The highest BCUT2D eigenvalue weighted by Crippen LogP contribution is 2.13. The lowest BCUT2D eigenvalue weighted by molar-refractivity contribution is -0.384. The van der Waals surface area contributed by atoms with Gasteiger partial charge in [-0.1, -0.05) is 24.3 Å². The van der Waals surface area contributed by atoms with Crippen LogP contribution < -0.4 is 5.32 Å². The molecule has 0 unspecified atom stereocenters. The fourth-order valence-corrected chi connectivity index (χ4v) is 2.31. The second-order valence-corrected chi connectivity index (χ2v) is 5.63. The van der Waals surface area contributed by atoms with Crippen LogP contribution in [0.15, 0.2) is 48.5 Å². The molecule has 7 nitrogen and oxygen atoms in total. The van der Waals surface area contributed by atoms with Crippen LogP contribution in [0.1, 0.15) is 21.5 Å². The number of hydrogen-bond acceptors (Lipinski definition) is 4. The van der Waals surface area contributed by atoms with E-state index in [0.717, 1.165) is 11.1 Å². The molecule has 2 aromatic carbocycles. The number of carbonyl (C=O) groups is 2. The molecule has 7 heteroatoms. The fourth-order valence-electron chi connectivity index (χ4n) is 2.31. The van der Waals surface area contributed by atoms with E-state index < -0.39 is 4.92 Å². The third-order valence-corrected chi connectivity index (χ3v) is 3.79. The molecule has 0 bridgehead atoms. The third-order valence-electron chi connectivity index (χ3n) is 3.79. The minimum Gasteiger partial charge on any atom is -0.355 e. The maximum absolute atomic E-state index is 12.3. The van der Waals surface area contributed by atoms with E-state index in [2.05, 4.69) is 5.32 Å². The van der Waals surface area contributed by atoms with E-state index in [1.165, 1.54) is 12.1 Å². The van der Waals surface area contributed by atoms with Gasteiger partial charge in [-0.3, -0.25) is 19.7 Å². The molecule has 130 valence electrons. The summed E-state index contributed by atoms with van der Waals surface area (Å²) in [5.74, 6) is -0.251. The molecule has 0 fully saturated rings. The predicted octanol–water partition coefficient (Wildman–Crippen LogP) is 2.16. The molecule has 25 heavy (non-hydrogen) atoms. The van der Waals surface area contributed by atoms with Crippen molar-refractivity contribution in [2.24, 2.45) is 0 Å². The second kappa shape index (κ2) is 8.05. The van der Waals surface area contributed by atoms with Gasteiger partial charge in [0.1, 0.15) is 0 Å². The predicted molar refractivity (Wildman–Crippen MR) is 93.1 cm³/mol. The maximum atomic E-state index is 12.3. The van der Waals surface area contributed by atoms with Gasteiger partial charge in [0.25, 0.3) is 11.6 Å². The Labute approximate surface area is 145 Å². The zero-order valence-electron chi connectivity index (χ0n) is 14.1. The zero-order chi connectivity index (χ0) is 18.4. The van der Waals surface area contributed by atoms with Gasteiger partial charge < -0.3 is 10.2 Å². The second-order valence-electron chi connectivity index (χ2n) is 5.63. The highest BCUT2D eigenvalue weighted by Gasteiger charge is 2.12. The van der Waals surface area contributed by atoms with Gasteiger partial charge in [-0.05, 0) is 23.3 Å². The van der Waals surface area contributed by atoms with E-state index in [0.29, 0.717) is 12.1 Å². The number of likely N-dealkylation sites (N-methyl/N-ethyl adjacent to an activating group) is 1. The van der Waals surface area contributed by atoms with Crippen molar-refractivity contribution in [3.05, 3.63) is 75.3 Å². The van der Waals surface area contributed by atoms with Gasteiger partial charge >= 0.3 is 0 Å². The van der Waals surface area contributed by atoms with Crippen LogP contribution in [0.4, 0.5) is 5.69 Å². The van der Waals surface area contributed by atoms with Crippen molar-refractivity contribution >= 4 is 17.5 Å². The molecule has 0 saturated carbocycles. The normalized spacial score (nSPS) is 10.2. The standard InChI is InChI=1S/C18H19N3O4/c1-19-18(23)15-7-3-14(4-8-15)12-20(2)17(22)11-13-5-9-16(10-6-13)21(24)25/h3-10H,11-12H2,1-2H3,(H,19,23). The fraction of sp³-hybridized carbons (Fsp3) is 0.222. The van der Waals surface area contributed by atoms with Gasteiger partial charge in [-0.15, -0.1) is 0 Å². The van der Waals surface area contributed by atoms with Crippen LogP contribution in [0, 0.1) is 10.1 Å². The number of non-ortho nitro benzene ring substituents is 1. The Balaban J connectivity index is 1.95. The molecule has 2 rings (SSSR count). The van der Waals surface area contributed by atoms with Crippen molar-refractivity contribution < 1.29 is 14.5 Å². The van der Waals surface area contributed by atoms with Crippen molar-refractivity contribution in [3.8, 4) is 0 Å². The summed E-state index contributed by atoms with van der Waals surface area (Å²) >= 11 is 0. The topological polar surface area (TPSA) is 92.6 Å². The summed E-state index contributed by atoms with van der Waals surface area (Å²) in [5, 5.41) is 13.2. The third kappa shape index (κ3) is 4.87. The number of hydrogen-bond donors (Lipinski definition) is 1. The first-order chi connectivity index (χ1) is 11.9.